The van der Waals surface area contributed by atoms with Crippen molar-refractivity contribution >= 4 is 34.7 Å². The summed E-state index contributed by atoms with van der Waals surface area (Å²) in [6, 6.07) is 12.6. The summed E-state index contributed by atoms with van der Waals surface area (Å²) < 4.78 is 0. The largest absolute Gasteiger partial charge is 0.331 e. The van der Waals surface area contributed by atoms with Crippen molar-refractivity contribution in [1.29, 1.82) is 0 Å². The van der Waals surface area contributed by atoms with Gasteiger partial charge in [-0.1, -0.05) is 48.5 Å². The summed E-state index contributed by atoms with van der Waals surface area (Å²) in [6.07, 6.45) is 2.95. The molecule has 4 amide bonds. The molecular weight excluding hydrogens is 292 g/mol. The highest BCUT2D eigenvalue weighted by Gasteiger charge is 2.34. The summed E-state index contributed by atoms with van der Waals surface area (Å²) in [6.45, 7) is 3.56. The van der Waals surface area contributed by atoms with Gasteiger partial charge in [-0.15, -0.1) is 6.58 Å². The number of amides is 4. The van der Waals surface area contributed by atoms with Crippen LogP contribution in [-0.4, -0.2) is 29.3 Å². The number of nitrogens with one attached hydrogen (secondary N) is 1. The van der Waals surface area contributed by atoms with Crippen molar-refractivity contribution in [2.45, 2.75) is 0 Å². The maximum Gasteiger partial charge on any atom is 0.331 e. The first-order valence-corrected chi connectivity index (χ1v) is 7.09. The molecule has 0 saturated carbocycles. The van der Waals surface area contributed by atoms with Crippen molar-refractivity contribution in [3.8, 4) is 0 Å². The van der Waals surface area contributed by atoms with Crippen LogP contribution >= 0.6 is 0 Å². The number of urea groups is 1. The third-order valence-electron chi connectivity index (χ3n) is 3.62. The minimum absolute atomic E-state index is 0.0465. The van der Waals surface area contributed by atoms with Gasteiger partial charge in [-0.05, 0) is 22.4 Å². The van der Waals surface area contributed by atoms with Crippen LogP contribution in [0, 0.1) is 0 Å². The third-order valence-corrected chi connectivity index (χ3v) is 3.62. The van der Waals surface area contributed by atoms with Crippen LogP contribution in [0.4, 0.5) is 4.79 Å². The van der Waals surface area contributed by atoms with E-state index in [4.69, 9.17) is 0 Å². The topological polar surface area (TPSA) is 66.5 Å². The number of barbiturate groups is 1. The molecule has 0 unspecified atom stereocenters. The summed E-state index contributed by atoms with van der Waals surface area (Å²) >= 11 is 0. The van der Waals surface area contributed by atoms with E-state index in [1.54, 1.807) is 0 Å². The van der Waals surface area contributed by atoms with Crippen LogP contribution < -0.4 is 5.32 Å². The van der Waals surface area contributed by atoms with Crippen molar-refractivity contribution in [2.24, 2.45) is 0 Å². The van der Waals surface area contributed by atoms with Crippen molar-refractivity contribution in [3.63, 3.8) is 0 Å². The predicted molar refractivity (Wildman–Crippen MR) is 87.4 cm³/mol. The van der Waals surface area contributed by atoms with E-state index < -0.39 is 17.8 Å². The fourth-order valence-electron chi connectivity index (χ4n) is 2.52. The van der Waals surface area contributed by atoms with Crippen LogP contribution in [0.2, 0.25) is 0 Å². The Morgan fingerprint density at radius 2 is 1.78 bits per heavy atom. The molecule has 0 radical (unpaired) electrons. The van der Waals surface area contributed by atoms with Gasteiger partial charge in [-0.25, -0.2) is 4.79 Å². The number of benzene rings is 2. The first-order valence-electron chi connectivity index (χ1n) is 7.09. The van der Waals surface area contributed by atoms with E-state index in [0.717, 1.165) is 21.2 Å². The summed E-state index contributed by atoms with van der Waals surface area (Å²) in [7, 11) is 0. The second kappa shape index (κ2) is 5.88. The van der Waals surface area contributed by atoms with Gasteiger partial charge in [0.25, 0.3) is 11.8 Å². The van der Waals surface area contributed by atoms with E-state index in [1.807, 2.05) is 42.5 Å². The fraction of sp³-hybridized carbons (Fsp3) is 0.0556. The highest BCUT2D eigenvalue weighted by atomic mass is 16.2. The molecule has 0 spiro atoms. The van der Waals surface area contributed by atoms with Gasteiger partial charge in [-0.3, -0.25) is 19.8 Å². The maximum atomic E-state index is 12.4. The van der Waals surface area contributed by atoms with E-state index in [9.17, 15) is 14.4 Å². The number of carbonyl (C=O) groups is 3. The van der Waals surface area contributed by atoms with Gasteiger partial charge in [-0.2, -0.15) is 0 Å². The molecule has 2 aromatic rings. The van der Waals surface area contributed by atoms with E-state index in [0.29, 0.717) is 0 Å². The second-order valence-corrected chi connectivity index (χ2v) is 5.09. The zero-order valence-corrected chi connectivity index (χ0v) is 12.3. The molecule has 1 heterocycles. The van der Waals surface area contributed by atoms with E-state index in [-0.39, 0.29) is 12.1 Å². The maximum absolute atomic E-state index is 12.4. The highest BCUT2D eigenvalue weighted by molar-refractivity contribution is 6.31. The number of hydrogen-bond acceptors (Lipinski definition) is 3. The lowest BCUT2D eigenvalue weighted by molar-refractivity contribution is -0.129. The molecule has 1 aliphatic rings. The molecule has 0 aromatic heterocycles. The summed E-state index contributed by atoms with van der Waals surface area (Å²) in [5.74, 6) is -1.31. The van der Waals surface area contributed by atoms with Gasteiger partial charge in [0.05, 0.1) is 0 Å². The molecule has 1 saturated heterocycles. The molecule has 1 aliphatic heterocycles. The quantitative estimate of drug-likeness (QED) is 0.538. The van der Waals surface area contributed by atoms with E-state index >= 15 is 0 Å². The van der Waals surface area contributed by atoms with Gasteiger partial charge < -0.3 is 0 Å². The van der Waals surface area contributed by atoms with Gasteiger partial charge in [0.15, 0.2) is 0 Å². The minimum Gasteiger partial charge on any atom is -0.273 e. The normalized spacial score (nSPS) is 16.8. The van der Waals surface area contributed by atoms with Crippen molar-refractivity contribution in [1.82, 2.24) is 10.2 Å². The van der Waals surface area contributed by atoms with E-state index in [1.165, 1.54) is 12.2 Å². The predicted octanol–water partition coefficient (Wildman–Crippen LogP) is 2.49. The highest BCUT2D eigenvalue weighted by Crippen LogP contribution is 2.22. The molecule has 5 heteroatoms. The molecule has 1 fully saturated rings. The minimum atomic E-state index is -0.727. The zero-order chi connectivity index (χ0) is 16.4. The molecular formula is C18H14N2O3. The Hall–Kier alpha value is -3.21. The van der Waals surface area contributed by atoms with Crippen molar-refractivity contribution < 1.29 is 14.4 Å². The second-order valence-electron chi connectivity index (χ2n) is 5.09. The Bertz CT molecular complexity index is 862. The molecule has 3 rings (SSSR count). The number of rotatable bonds is 3. The number of hydrogen-bond donors (Lipinski definition) is 1. The molecule has 0 bridgehead atoms. The van der Waals surface area contributed by atoms with Crippen LogP contribution in [0.3, 0.4) is 0 Å². The molecule has 0 aliphatic carbocycles. The standard InChI is InChI=1S/C18H14N2O3/c1-2-10-20-17(22)15(16(21)19-18(20)23)11-13-8-5-7-12-6-3-4-9-14(12)13/h2-9,11H,1,10H2,(H,19,21,23)/b15-11-. The van der Waals surface area contributed by atoms with Crippen molar-refractivity contribution in [2.75, 3.05) is 6.54 Å². The Morgan fingerprint density at radius 1 is 1.04 bits per heavy atom. The number of fused-ring (bicyclic) bond motifs is 1. The molecule has 2 aromatic carbocycles. The molecule has 23 heavy (non-hydrogen) atoms. The van der Waals surface area contributed by atoms with Crippen LogP contribution in [0.5, 0.6) is 0 Å². The van der Waals surface area contributed by atoms with E-state index in [2.05, 4.69) is 11.9 Å². The van der Waals surface area contributed by atoms with Crippen LogP contribution in [0.15, 0.2) is 60.7 Å². The summed E-state index contributed by atoms with van der Waals surface area (Å²) in [5.41, 5.74) is 0.678. The monoisotopic (exact) mass is 306 g/mol. The fourth-order valence-corrected chi connectivity index (χ4v) is 2.52. The van der Waals surface area contributed by atoms with Gasteiger partial charge in [0.2, 0.25) is 0 Å². The Balaban J connectivity index is 2.09. The average Bonchev–Trinajstić information content (AvgIpc) is 2.55. The van der Waals surface area contributed by atoms with Gasteiger partial charge >= 0.3 is 6.03 Å². The number of nitrogens with zero attached hydrogens (tertiary/aromatic N) is 1. The number of carbonyl (C=O) groups excluding carboxylic acids is 3. The number of imide groups is 2. The molecule has 0 atom stereocenters. The van der Waals surface area contributed by atoms with Gasteiger partial charge in [0.1, 0.15) is 5.57 Å². The smallest absolute Gasteiger partial charge is 0.273 e. The summed E-state index contributed by atoms with van der Waals surface area (Å²) in [5, 5.41) is 4.10. The Kier molecular flexibility index (Phi) is 3.76. The average molecular weight is 306 g/mol. The van der Waals surface area contributed by atoms with Crippen molar-refractivity contribution in [3.05, 3.63) is 66.3 Å². The SMILES string of the molecule is C=CCN1C(=O)NC(=O)/C(=C/c2cccc3ccccc23)C1=O. The first kappa shape index (κ1) is 14.7. The Labute approximate surface area is 132 Å². The molecule has 114 valence electrons. The lowest BCUT2D eigenvalue weighted by atomic mass is 10.0. The molecule has 5 nitrogen and oxygen atoms in total. The van der Waals surface area contributed by atoms with Crippen LogP contribution in [-0.2, 0) is 9.59 Å². The summed E-state index contributed by atoms with van der Waals surface area (Å²) in [4.78, 5) is 37.1. The lowest BCUT2D eigenvalue weighted by Gasteiger charge is -2.25. The van der Waals surface area contributed by atoms with Crippen LogP contribution in [0.1, 0.15) is 5.56 Å². The van der Waals surface area contributed by atoms with Crippen LogP contribution in [0.25, 0.3) is 16.8 Å². The van der Waals surface area contributed by atoms with Gasteiger partial charge in [0, 0.05) is 6.54 Å². The first-order chi connectivity index (χ1) is 11.1. The Morgan fingerprint density at radius 3 is 2.57 bits per heavy atom. The lowest BCUT2D eigenvalue weighted by Crippen LogP contribution is -2.54. The zero-order valence-electron chi connectivity index (χ0n) is 12.3. The molecule has 1 N–H and O–H groups in total. The third kappa shape index (κ3) is 2.64.